The van der Waals surface area contributed by atoms with Crippen LogP contribution in [0.15, 0.2) is 108 Å². The fraction of sp³-hybridized carbons (Fsp3) is 0.200. The zero-order valence-corrected chi connectivity index (χ0v) is 23.0. The van der Waals surface area contributed by atoms with Gasteiger partial charge in [-0.1, -0.05) is 85.3 Å². The summed E-state index contributed by atoms with van der Waals surface area (Å²) in [6.45, 7) is 3.73. The predicted molar refractivity (Wildman–Crippen MR) is 165 cm³/mol. The molecule has 1 amide bonds. The van der Waals surface area contributed by atoms with E-state index in [1.807, 2.05) is 78.9 Å². The van der Waals surface area contributed by atoms with Crippen molar-refractivity contribution in [2.45, 2.75) is 32.4 Å². The van der Waals surface area contributed by atoms with Crippen LogP contribution in [0.5, 0.6) is 5.88 Å². The van der Waals surface area contributed by atoms with E-state index < -0.39 is 0 Å². The van der Waals surface area contributed by atoms with E-state index in [9.17, 15) is 9.90 Å². The molecular weight excluding hydrogens is 508 g/mol. The molecule has 1 aliphatic rings. The van der Waals surface area contributed by atoms with Crippen molar-refractivity contribution in [3.63, 3.8) is 0 Å². The van der Waals surface area contributed by atoms with E-state index in [2.05, 4.69) is 27.3 Å². The summed E-state index contributed by atoms with van der Waals surface area (Å²) in [5, 5.41) is 14.9. The third-order valence-electron chi connectivity index (χ3n) is 7.65. The highest BCUT2D eigenvalue weighted by Gasteiger charge is 2.20. The summed E-state index contributed by atoms with van der Waals surface area (Å²) in [4.78, 5) is 23.5. The molecule has 0 saturated carbocycles. The first-order valence-corrected chi connectivity index (χ1v) is 14.3. The normalized spacial score (nSPS) is 14.3. The largest absolute Gasteiger partial charge is 0.494 e. The number of amides is 1. The first-order chi connectivity index (χ1) is 20.1. The topological polar surface area (TPSA) is 80.7 Å². The molecule has 41 heavy (non-hydrogen) atoms. The Morgan fingerprint density at radius 3 is 2.24 bits per heavy atom. The van der Waals surface area contributed by atoms with Gasteiger partial charge >= 0.3 is 0 Å². The highest BCUT2D eigenvalue weighted by Crippen LogP contribution is 2.32. The summed E-state index contributed by atoms with van der Waals surface area (Å²) < 4.78 is 0. The predicted octanol–water partition coefficient (Wildman–Crippen LogP) is 6.96. The molecular formula is C35H34N4O2. The molecule has 6 rings (SSSR count). The van der Waals surface area contributed by atoms with Gasteiger partial charge in [-0.15, -0.1) is 0 Å². The van der Waals surface area contributed by atoms with E-state index in [-0.39, 0.29) is 11.8 Å². The number of carbonyl (C=O) groups is 1. The number of hydrogen-bond donors (Lipinski definition) is 3. The lowest BCUT2D eigenvalue weighted by Crippen LogP contribution is -2.28. The second-order valence-electron chi connectivity index (χ2n) is 10.6. The van der Waals surface area contributed by atoms with Crippen LogP contribution in [0.4, 0.5) is 5.69 Å². The third-order valence-corrected chi connectivity index (χ3v) is 7.65. The van der Waals surface area contributed by atoms with E-state index in [1.165, 1.54) is 24.8 Å². The number of carbonyl (C=O) groups excluding carboxylic acids is 1. The van der Waals surface area contributed by atoms with E-state index in [0.29, 0.717) is 28.9 Å². The Hall–Kier alpha value is -4.68. The van der Waals surface area contributed by atoms with Gasteiger partial charge in [0.2, 0.25) is 0 Å². The molecule has 1 saturated heterocycles. The number of aromatic nitrogens is 1. The molecule has 1 fully saturated rings. The van der Waals surface area contributed by atoms with Gasteiger partial charge in [-0.2, -0.15) is 0 Å². The minimum Gasteiger partial charge on any atom is -0.494 e. The molecule has 1 aliphatic heterocycles. The Bertz CT molecular complexity index is 1650. The van der Waals surface area contributed by atoms with E-state index in [1.54, 1.807) is 12.1 Å². The van der Waals surface area contributed by atoms with Crippen molar-refractivity contribution in [2.75, 3.05) is 13.1 Å². The lowest BCUT2D eigenvalue weighted by Gasteiger charge is -2.26. The van der Waals surface area contributed by atoms with Crippen LogP contribution in [0.1, 0.15) is 51.9 Å². The van der Waals surface area contributed by atoms with Gasteiger partial charge in [0, 0.05) is 35.1 Å². The van der Waals surface area contributed by atoms with Crippen LogP contribution in [-0.2, 0) is 13.1 Å². The van der Waals surface area contributed by atoms with Gasteiger partial charge in [-0.25, -0.2) is 4.99 Å². The Balaban J connectivity index is 1.29. The number of nitrogens with zero attached hydrogens (tertiary/aromatic N) is 2. The molecule has 0 bridgehead atoms. The molecule has 1 aromatic heterocycles. The Morgan fingerprint density at radius 2 is 1.51 bits per heavy atom. The number of piperidine rings is 1. The lowest BCUT2D eigenvalue weighted by atomic mass is 10.00. The number of benzene rings is 4. The van der Waals surface area contributed by atoms with Crippen LogP contribution in [0.3, 0.4) is 0 Å². The number of fused-ring (bicyclic) bond motifs is 1. The zero-order chi connectivity index (χ0) is 28.0. The molecule has 0 unspecified atom stereocenters. The van der Waals surface area contributed by atoms with Crippen molar-refractivity contribution in [3.05, 3.63) is 131 Å². The summed E-state index contributed by atoms with van der Waals surface area (Å²) >= 11 is 0. The summed E-state index contributed by atoms with van der Waals surface area (Å²) in [5.41, 5.74) is 6.49. The first kappa shape index (κ1) is 26.5. The van der Waals surface area contributed by atoms with Crippen LogP contribution in [0, 0.1) is 0 Å². The number of aliphatic imine (C=N–C) groups is 1. The molecule has 6 nitrogen and oxygen atoms in total. The number of nitrogens with one attached hydrogen (secondary N) is 2. The van der Waals surface area contributed by atoms with Gasteiger partial charge < -0.3 is 15.4 Å². The fourth-order valence-corrected chi connectivity index (χ4v) is 5.49. The standard InChI is InChI=1S/C35H34N4O2/c40-34(36-23-25-10-4-1-5-11-25)28-16-19-30-31(22-28)38-35(41)32(30)33(27-12-6-2-7-13-27)37-29-17-14-26(15-18-29)24-39-20-8-3-9-21-39/h1-2,4-7,10-19,22,38,41H,3,8-9,20-21,23-24H2,(H,36,40). The maximum atomic E-state index is 12.9. The van der Waals surface area contributed by atoms with Gasteiger partial charge in [0.25, 0.3) is 5.91 Å². The molecule has 6 heteroatoms. The molecule has 5 aromatic rings. The van der Waals surface area contributed by atoms with Crippen LogP contribution in [-0.4, -0.2) is 39.7 Å². The number of likely N-dealkylation sites (tertiary alicyclic amines) is 1. The second kappa shape index (κ2) is 12.2. The molecule has 3 N–H and O–H groups in total. The maximum absolute atomic E-state index is 12.9. The van der Waals surface area contributed by atoms with Gasteiger partial charge in [0.05, 0.1) is 17.0 Å². The Labute approximate surface area is 240 Å². The number of H-pyrrole nitrogens is 1. The minimum absolute atomic E-state index is 0.0196. The molecule has 0 radical (unpaired) electrons. The average molecular weight is 543 g/mol. The third kappa shape index (κ3) is 6.23. The number of aromatic hydroxyl groups is 1. The number of hydrogen-bond acceptors (Lipinski definition) is 4. The van der Waals surface area contributed by atoms with Crippen LogP contribution >= 0.6 is 0 Å². The van der Waals surface area contributed by atoms with Gasteiger partial charge in [0.1, 0.15) is 0 Å². The van der Waals surface area contributed by atoms with Crippen LogP contribution < -0.4 is 5.32 Å². The van der Waals surface area contributed by atoms with E-state index in [4.69, 9.17) is 4.99 Å². The first-order valence-electron chi connectivity index (χ1n) is 14.3. The maximum Gasteiger partial charge on any atom is 0.251 e. The van der Waals surface area contributed by atoms with Gasteiger partial charge in [-0.05, 0) is 61.3 Å². The van der Waals surface area contributed by atoms with Crippen molar-refractivity contribution >= 4 is 28.2 Å². The fourth-order valence-electron chi connectivity index (χ4n) is 5.49. The monoisotopic (exact) mass is 542 g/mol. The molecule has 2 heterocycles. The van der Waals surface area contributed by atoms with Gasteiger partial charge in [-0.3, -0.25) is 9.69 Å². The number of aromatic amines is 1. The summed E-state index contributed by atoms with van der Waals surface area (Å²) in [7, 11) is 0. The van der Waals surface area contributed by atoms with Gasteiger partial charge in [0.15, 0.2) is 5.88 Å². The quantitative estimate of drug-likeness (QED) is 0.186. The zero-order valence-electron chi connectivity index (χ0n) is 23.0. The van der Waals surface area contributed by atoms with E-state index >= 15 is 0 Å². The van der Waals surface area contributed by atoms with Crippen molar-refractivity contribution in [3.8, 4) is 5.88 Å². The second-order valence-corrected chi connectivity index (χ2v) is 10.6. The Kier molecular flexibility index (Phi) is 7.92. The van der Waals surface area contributed by atoms with E-state index in [0.717, 1.165) is 41.8 Å². The summed E-state index contributed by atoms with van der Waals surface area (Å²) in [6.07, 6.45) is 3.88. The molecule has 0 spiro atoms. The van der Waals surface area contributed by atoms with Crippen LogP contribution in [0.25, 0.3) is 10.9 Å². The lowest BCUT2D eigenvalue weighted by molar-refractivity contribution is 0.0951. The van der Waals surface area contributed by atoms with Crippen molar-refractivity contribution < 1.29 is 9.90 Å². The number of rotatable bonds is 8. The highest BCUT2D eigenvalue weighted by atomic mass is 16.3. The molecule has 0 aliphatic carbocycles. The average Bonchev–Trinajstić information content (AvgIpc) is 3.35. The molecule has 206 valence electrons. The molecule has 4 aromatic carbocycles. The summed E-state index contributed by atoms with van der Waals surface area (Å²) in [5.74, 6) is -0.154. The Morgan fingerprint density at radius 1 is 0.805 bits per heavy atom. The van der Waals surface area contributed by atoms with Crippen molar-refractivity contribution in [2.24, 2.45) is 4.99 Å². The molecule has 0 atom stereocenters. The summed E-state index contributed by atoms with van der Waals surface area (Å²) in [6, 6.07) is 33.5. The smallest absolute Gasteiger partial charge is 0.251 e. The highest BCUT2D eigenvalue weighted by molar-refractivity contribution is 6.22. The SMILES string of the molecule is O=C(NCc1ccccc1)c1ccc2c(C(=Nc3ccc(CN4CCCCC4)cc3)c3ccccc3)c(O)[nH]c2c1. The van der Waals surface area contributed by atoms with Crippen LogP contribution in [0.2, 0.25) is 0 Å². The van der Waals surface area contributed by atoms with Crippen molar-refractivity contribution in [1.29, 1.82) is 0 Å². The van der Waals surface area contributed by atoms with Crippen molar-refractivity contribution in [1.82, 2.24) is 15.2 Å². The minimum atomic E-state index is -0.173.